The maximum Gasteiger partial charge on any atom is 0.264 e. The number of halogens is 2. The molecule has 30 heavy (non-hydrogen) atoms. The Hall–Kier alpha value is -2.53. The molecule has 1 aromatic heterocycles. The molecule has 0 aliphatic carbocycles. The van der Waals surface area contributed by atoms with E-state index in [-0.39, 0.29) is 11.6 Å². The Morgan fingerprint density at radius 3 is 2.37 bits per heavy atom. The van der Waals surface area contributed by atoms with Gasteiger partial charge in [-0.15, -0.1) is 0 Å². The maximum absolute atomic E-state index is 13.3. The Morgan fingerprint density at radius 1 is 1.10 bits per heavy atom. The summed E-state index contributed by atoms with van der Waals surface area (Å²) in [5.74, 6) is 1.64. The summed E-state index contributed by atoms with van der Waals surface area (Å²) in [6.07, 6.45) is -2.53. The van der Waals surface area contributed by atoms with Gasteiger partial charge in [0.2, 0.25) is 0 Å². The third kappa shape index (κ3) is 4.31. The largest absolute Gasteiger partial charge is 0.496 e. The Bertz CT molecular complexity index is 1140. The minimum absolute atomic E-state index is 0.0230. The molecule has 3 aromatic rings. The quantitative estimate of drug-likeness (QED) is 0.512. The van der Waals surface area contributed by atoms with Gasteiger partial charge in [0, 0.05) is 17.0 Å². The van der Waals surface area contributed by atoms with Gasteiger partial charge < -0.3 is 14.6 Å². The molecule has 160 valence electrons. The van der Waals surface area contributed by atoms with Gasteiger partial charge in [-0.05, 0) is 51.3 Å². The lowest BCUT2D eigenvalue weighted by Gasteiger charge is -2.21. The molecule has 1 heterocycles. The van der Waals surface area contributed by atoms with Crippen LogP contribution in [-0.2, 0) is 4.57 Å². The number of ether oxygens (including phenoxy) is 1. The van der Waals surface area contributed by atoms with Gasteiger partial charge in [-0.1, -0.05) is 18.2 Å². The van der Waals surface area contributed by atoms with Crippen LogP contribution in [0, 0.1) is 13.8 Å². The fourth-order valence-corrected chi connectivity index (χ4v) is 4.74. The number of fused-ring (bicyclic) bond motifs is 1. The van der Waals surface area contributed by atoms with Gasteiger partial charge in [0.1, 0.15) is 24.5 Å². The van der Waals surface area contributed by atoms with Crippen molar-refractivity contribution < 1.29 is 18.1 Å². The molecule has 0 aliphatic heterocycles. The van der Waals surface area contributed by atoms with Crippen LogP contribution in [0.1, 0.15) is 41.9 Å². The van der Waals surface area contributed by atoms with E-state index in [0.717, 1.165) is 5.56 Å². The number of nitrogens with zero attached hydrogens (tertiary/aromatic N) is 2. The molecule has 0 bridgehead atoms. The molecular weight excluding hydrogens is 407 g/mol. The highest BCUT2D eigenvalue weighted by Crippen LogP contribution is 2.41. The van der Waals surface area contributed by atoms with Crippen LogP contribution >= 0.6 is 7.14 Å². The van der Waals surface area contributed by atoms with Crippen LogP contribution in [0.15, 0.2) is 30.3 Å². The smallest absolute Gasteiger partial charge is 0.264 e. The zero-order chi connectivity index (χ0) is 22.2. The summed E-state index contributed by atoms with van der Waals surface area (Å²) >= 11 is 0. The molecule has 0 aliphatic rings. The van der Waals surface area contributed by atoms with Crippen LogP contribution in [0.25, 0.3) is 10.9 Å². The van der Waals surface area contributed by atoms with Gasteiger partial charge in [0.15, 0.2) is 0 Å². The second-order valence-electron chi connectivity index (χ2n) is 7.74. The summed E-state index contributed by atoms with van der Waals surface area (Å²) in [4.78, 5) is 9.01. The number of rotatable bonds is 6. The number of aryl methyl sites for hydroxylation is 1. The van der Waals surface area contributed by atoms with E-state index in [9.17, 15) is 13.3 Å². The molecule has 1 unspecified atom stereocenters. The van der Waals surface area contributed by atoms with Gasteiger partial charge in [-0.2, -0.15) is 0 Å². The highest BCUT2D eigenvalue weighted by molar-refractivity contribution is 7.70. The standard InChI is InChI=1S/C22H26F2N3O2P/c1-12-15(8-7-9-16(12)21(23)24)13(2)25-22-17-10-20(30(5,6)28)19(29-4)11-18(17)26-14(3)27-22/h7-11,13,21H,1-6H3,(H,25,26,27). The van der Waals surface area contributed by atoms with E-state index in [1.54, 1.807) is 45.4 Å². The number of hydrogen-bond donors (Lipinski definition) is 1. The lowest BCUT2D eigenvalue weighted by atomic mass is 9.97. The molecular formula is C22H26F2N3O2P. The maximum atomic E-state index is 13.3. The molecule has 0 spiro atoms. The highest BCUT2D eigenvalue weighted by atomic mass is 31.2. The molecule has 0 saturated carbocycles. The average molecular weight is 433 g/mol. The molecule has 0 fully saturated rings. The van der Waals surface area contributed by atoms with E-state index in [4.69, 9.17) is 4.74 Å². The number of anilines is 1. The first kappa shape index (κ1) is 22.2. The van der Waals surface area contributed by atoms with E-state index < -0.39 is 13.6 Å². The van der Waals surface area contributed by atoms with Crippen molar-refractivity contribution in [3.8, 4) is 5.75 Å². The second-order valence-corrected chi connectivity index (χ2v) is 10.9. The van der Waals surface area contributed by atoms with Crippen LogP contribution in [0.3, 0.4) is 0 Å². The van der Waals surface area contributed by atoms with Crippen molar-refractivity contribution in [2.24, 2.45) is 0 Å². The second kappa shape index (κ2) is 8.31. The van der Waals surface area contributed by atoms with Crippen LogP contribution in [0.5, 0.6) is 5.75 Å². The first-order chi connectivity index (χ1) is 14.0. The molecule has 0 radical (unpaired) electrons. The van der Waals surface area contributed by atoms with Crippen molar-refractivity contribution in [3.05, 3.63) is 52.8 Å². The highest BCUT2D eigenvalue weighted by Gasteiger charge is 2.22. The summed E-state index contributed by atoms with van der Waals surface area (Å²) < 4.78 is 44.8. The van der Waals surface area contributed by atoms with Crippen LogP contribution < -0.4 is 15.4 Å². The van der Waals surface area contributed by atoms with Gasteiger partial charge in [-0.25, -0.2) is 18.7 Å². The summed E-state index contributed by atoms with van der Waals surface area (Å²) in [6.45, 7) is 8.74. The third-order valence-corrected chi connectivity index (χ3v) is 6.67. The van der Waals surface area contributed by atoms with Crippen LogP contribution in [-0.4, -0.2) is 30.4 Å². The summed E-state index contributed by atoms with van der Waals surface area (Å²) in [5.41, 5.74) is 2.00. The van der Waals surface area contributed by atoms with Gasteiger partial charge in [0.05, 0.1) is 24.0 Å². The Labute approximate surface area is 175 Å². The van der Waals surface area contributed by atoms with Gasteiger partial charge in [-0.3, -0.25) is 0 Å². The van der Waals surface area contributed by atoms with Gasteiger partial charge >= 0.3 is 0 Å². The van der Waals surface area contributed by atoms with E-state index >= 15 is 0 Å². The number of hydrogen-bond acceptors (Lipinski definition) is 5. The van der Waals surface area contributed by atoms with Crippen molar-refractivity contribution in [1.29, 1.82) is 0 Å². The van der Waals surface area contributed by atoms with Crippen molar-refractivity contribution >= 4 is 29.2 Å². The van der Waals surface area contributed by atoms with Crippen molar-refractivity contribution in [1.82, 2.24) is 9.97 Å². The molecule has 2 aromatic carbocycles. The molecule has 1 atom stereocenters. The number of alkyl halides is 2. The van der Waals surface area contributed by atoms with Crippen LogP contribution in [0.2, 0.25) is 0 Å². The minimum atomic E-state index is -2.62. The van der Waals surface area contributed by atoms with E-state index in [1.807, 2.05) is 13.0 Å². The first-order valence-electron chi connectivity index (χ1n) is 9.59. The average Bonchev–Trinajstić information content (AvgIpc) is 2.65. The van der Waals surface area contributed by atoms with Crippen LogP contribution in [0.4, 0.5) is 14.6 Å². The zero-order valence-electron chi connectivity index (χ0n) is 18.0. The first-order valence-corrected chi connectivity index (χ1v) is 12.2. The molecule has 5 nitrogen and oxygen atoms in total. The van der Waals surface area contributed by atoms with E-state index in [1.165, 1.54) is 13.2 Å². The molecule has 8 heteroatoms. The lowest BCUT2D eigenvalue weighted by Crippen LogP contribution is -2.13. The number of aromatic nitrogens is 2. The van der Waals surface area contributed by atoms with Gasteiger partial charge in [0.25, 0.3) is 6.43 Å². The Morgan fingerprint density at radius 2 is 1.77 bits per heavy atom. The summed E-state index contributed by atoms with van der Waals surface area (Å²) in [5, 5.41) is 4.65. The number of nitrogens with one attached hydrogen (secondary N) is 1. The number of methoxy groups -OCH3 is 1. The van der Waals surface area contributed by atoms with Crippen molar-refractivity contribution in [2.45, 2.75) is 33.2 Å². The zero-order valence-corrected chi connectivity index (χ0v) is 18.8. The lowest BCUT2D eigenvalue weighted by molar-refractivity contribution is 0.150. The van der Waals surface area contributed by atoms with E-state index in [2.05, 4.69) is 15.3 Å². The monoisotopic (exact) mass is 433 g/mol. The summed E-state index contributed by atoms with van der Waals surface area (Å²) in [7, 11) is -1.08. The minimum Gasteiger partial charge on any atom is -0.496 e. The third-order valence-electron chi connectivity index (χ3n) is 5.16. The topological polar surface area (TPSA) is 64.1 Å². The Kier molecular flexibility index (Phi) is 6.14. The SMILES string of the molecule is COc1cc2nc(C)nc(NC(C)c3cccc(C(F)F)c3C)c2cc1P(C)(C)=O. The number of benzene rings is 2. The molecule has 1 N–H and O–H groups in total. The predicted molar refractivity (Wildman–Crippen MR) is 118 cm³/mol. The predicted octanol–water partition coefficient (Wildman–Crippen LogP) is 5.61. The summed E-state index contributed by atoms with van der Waals surface area (Å²) in [6, 6.07) is 8.19. The molecule has 0 saturated heterocycles. The Balaban J connectivity index is 2.12. The fourth-order valence-electron chi connectivity index (χ4n) is 3.62. The van der Waals surface area contributed by atoms with E-state index in [0.29, 0.717) is 39.2 Å². The normalized spacial score (nSPS) is 13.0. The molecule has 3 rings (SSSR count). The fraction of sp³-hybridized carbons (Fsp3) is 0.364. The van der Waals surface area contributed by atoms with Crippen molar-refractivity contribution in [3.63, 3.8) is 0 Å². The molecule has 0 amide bonds. The van der Waals surface area contributed by atoms with Crippen molar-refractivity contribution in [2.75, 3.05) is 25.8 Å².